The molecule has 0 bridgehead atoms. The van der Waals surface area contributed by atoms with Gasteiger partial charge < -0.3 is 14.6 Å². The predicted octanol–water partition coefficient (Wildman–Crippen LogP) is 3.82. The van der Waals surface area contributed by atoms with E-state index in [0.29, 0.717) is 17.9 Å². The van der Waals surface area contributed by atoms with Gasteiger partial charge in [0.1, 0.15) is 17.3 Å². The van der Waals surface area contributed by atoms with E-state index in [9.17, 15) is 9.18 Å². The molecule has 7 heteroatoms. The van der Waals surface area contributed by atoms with E-state index >= 15 is 0 Å². The molecule has 28 heavy (non-hydrogen) atoms. The van der Waals surface area contributed by atoms with Crippen LogP contribution in [0.4, 0.5) is 10.1 Å². The number of ether oxygens (including phenoxy) is 1. The molecular formula is C21H19FN4O2. The van der Waals surface area contributed by atoms with Crippen molar-refractivity contribution in [1.82, 2.24) is 14.3 Å². The Bertz CT molecular complexity index is 1150. The number of benzene rings is 2. The van der Waals surface area contributed by atoms with Crippen LogP contribution in [0.25, 0.3) is 10.9 Å². The second-order valence-electron chi connectivity index (χ2n) is 6.49. The third kappa shape index (κ3) is 3.34. The Balaban J connectivity index is 1.53. The van der Waals surface area contributed by atoms with Gasteiger partial charge >= 0.3 is 0 Å². The van der Waals surface area contributed by atoms with Crippen LogP contribution in [-0.4, -0.2) is 27.4 Å². The van der Waals surface area contributed by atoms with Crippen LogP contribution in [0.3, 0.4) is 0 Å². The molecule has 2 aromatic carbocycles. The van der Waals surface area contributed by atoms with Crippen LogP contribution in [0.1, 0.15) is 16.1 Å². The Morgan fingerprint density at radius 2 is 2.00 bits per heavy atom. The normalized spacial score (nSPS) is 11.0. The summed E-state index contributed by atoms with van der Waals surface area (Å²) in [5, 5.41) is 8.00. The minimum Gasteiger partial charge on any atom is -0.496 e. The molecule has 2 heterocycles. The molecule has 0 aliphatic carbocycles. The van der Waals surface area contributed by atoms with E-state index in [4.69, 9.17) is 4.74 Å². The first-order valence-corrected chi connectivity index (χ1v) is 8.76. The number of nitrogens with zero attached hydrogens (tertiary/aromatic N) is 3. The van der Waals surface area contributed by atoms with Crippen molar-refractivity contribution in [2.75, 3.05) is 12.4 Å². The van der Waals surface area contributed by atoms with Crippen LogP contribution < -0.4 is 10.1 Å². The van der Waals surface area contributed by atoms with E-state index < -0.39 is 0 Å². The van der Waals surface area contributed by atoms with Crippen molar-refractivity contribution in [3.8, 4) is 5.75 Å². The molecule has 4 rings (SSSR count). The highest BCUT2D eigenvalue weighted by Gasteiger charge is 2.16. The topological polar surface area (TPSA) is 61.1 Å². The van der Waals surface area contributed by atoms with Gasteiger partial charge in [-0.1, -0.05) is 18.2 Å². The Hall–Kier alpha value is -3.61. The molecule has 0 saturated carbocycles. The summed E-state index contributed by atoms with van der Waals surface area (Å²) in [7, 11) is 3.45. The first-order chi connectivity index (χ1) is 13.5. The van der Waals surface area contributed by atoms with Gasteiger partial charge in [-0.2, -0.15) is 5.10 Å². The fraction of sp³-hybridized carbons (Fsp3) is 0.143. The number of halogens is 1. The fourth-order valence-electron chi connectivity index (χ4n) is 3.22. The summed E-state index contributed by atoms with van der Waals surface area (Å²) in [6.45, 7) is 0.487. The Morgan fingerprint density at radius 1 is 1.21 bits per heavy atom. The van der Waals surface area contributed by atoms with Gasteiger partial charge in [-0.25, -0.2) is 4.39 Å². The SMILES string of the molecule is COc1cccc2c1cc(C(=O)Nc1cnn(Cc3ccc(F)cc3)c1)n2C. The second-order valence-corrected chi connectivity index (χ2v) is 6.49. The lowest BCUT2D eigenvalue weighted by atomic mass is 10.2. The average Bonchev–Trinajstić information content (AvgIpc) is 3.27. The molecule has 2 aromatic heterocycles. The fourth-order valence-corrected chi connectivity index (χ4v) is 3.22. The molecule has 0 unspecified atom stereocenters. The summed E-state index contributed by atoms with van der Waals surface area (Å²) in [4.78, 5) is 12.8. The van der Waals surface area contributed by atoms with E-state index in [2.05, 4.69) is 10.4 Å². The van der Waals surface area contributed by atoms with Crippen LogP contribution in [0, 0.1) is 5.82 Å². The number of carbonyl (C=O) groups is 1. The van der Waals surface area contributed by atoms with E-state index in [1.165, 1.54) is 12.1 Å². The molecular weight excluding hydrogens is 359 g/mol. The molecule has 0 aliphatic heterocycles. The number of aryl methyl sites for hydroxylation is 1. The van der Waals surface area contributed by atoms with Gasteiger partial charge in [0.2, 0.25) is 0 Å². The Kier molecular flexibility index (Phi) is 4.57. The molecule has 142 valence electrons. The van der Waals surface area contributed by atoms with Crippen molar-refractivity contribution in [3.05, 3.63) is 78.0 Å². The Labute approximate surface area is 161 Å². The quantitative estimate of drug-likeness (QED) is 0.574. The van der Waals surface area contributed by atoms with Crippen molar-refractivity contribution in [1.29, 1.82) is 0 Å². The first kappa shape index (κ1) is 17.8. The number of hydrogen-bond acceptors (Lipinski definition) is 3. The van der Waals surface area contributed by atoms with Gasteiger partial charge in [-0.15, -0.1) is 0 Å². The highest BCUT2D eigenvalue weighted by atomic mass is 19.1. The summed E-state index contributed by atoms with van der Waals surface area (Å²) in [5.41, 5.74) is 2.94. The molecule has 6 nitrogen and oxygen atoms in total. The number of aromatic nitrogens is 3. The second kappa shape index (κ2) is 7.19. The first-order valence-electron chi connectivity index (χ1n) is 8.76. The summed E-state index contributed by atoms with van der Waals surface area (Å²) in [6.07, 6.45) is 3.33. The summed E-state index contributed by atoms with van der Waals surface area (Å²) in [6, 6.07) is 13.7. The summed E-state index contributed by atoms with van der Waals surface area (Å²) in [5.74, 6) is 0.213. The number of nitrogens with one attached hydrogen (secondary N) is 1. The number of carbonyl (C=O) groups excluding carboxylic acids is 1. The average molecular weight is 378 g/mol. The molecule has 1 N–H and O–H groups in total. The predicted molar refractivity (Wildman–Crippen MR) is 105 cm³/mol. The van der Waals surface area contributed by atoms with Crippen LogP contribution in [0.15, 0.2) is 60.9 Å². The third-order valence-corrected chi connectivity index (χ3v) is 4.65. The molecule has 0 fully saturated rings. The van der Waals surface area contributed by atoms with E-state index in [1.807, 2.05) is 35.9 Å². The highest BCUT2D eigenvalue weighted by molar-refractivity contribution is 6.07. The third-order valence-electron chi connectivity index (χ3n) is 4.65. The zero-order valence-electron chi connectivity index (χ0n) is 15.5. The highest BCUT2D eigenvalue weighted by Crippen LogP contribution is 2.28. The van der Waals surface area contributed by atoms with Gasteiger partial charge in [0.15, 0.2) is 0 Å². The number of rotatable bonds is 5. The van der Waals surface area contributed by atoms with E-state index in [0.717, 1.165) is 22.2 Å². The maximum Gasteiger partial charge on any atom is 0.272 e. The molecule has 0 aliphatic rings. The smallest absolute Gasteiger partial charge is 0.272 e. The number of anilines is 1. The van der Waals surface area contributed by atoms with Gasteiger partial charge in [-0.05, 0) is 35.9 Å². The molecule has 1 amide bonds. The van der Waals surface area contributed by atoms with Gasteiger partial charge in [0.05, 0.1) is 31.1 Å². The number of methoxy groups -OCH3 is 1. The number of hydrogen-bond donors (Lipinski definition) is 1. The lowest BCUT2D eigenvalue weighted by molar-refractivity contribution is 0.101. The molecule has 0 saturated heterocycles. The standard InChI is InChI=1S/C21H19FN4O2/c1-25-18-4-3-5-20(28-2)17(18)10-19(25)21(27)24-16-11-23-26(13-16)12-14-6-8-15(22)9-7-14/h3-11,13H,12H2,1-2H3,(H,24,27). The van der Waals surface area contributed by atoms with Crippen LogP contribution >= 0.6 is 0 Å². The van der Waals surface area contributed by atoms with Crippen LogP contribution in [0.2, 0.25) is 0 Å². The Morgan fingerprint density at radius 3 is 2.75 bits per heavy atom. The molecule has 4 aromatic rings. The van der Waals surface area contributed by atoms with Crippen LogP contribution in [0.5, 0.6) is 5.75 Å². The van der Waals surface area contributed by atoms with E-state index in [1.54, 1.807) is 36.3 Å². The van der Waals surface area contributed by atoms with Crippen molar-refractivity contribution >= 4 is 22.5 Å². The van der Waals surface area contributed by atoms with Crippen molar-refractivity contribution in [2.45, 2.75) is 6.54 Å². The lowest BCUT2D eigenvalue weighted by Gasteiger charge is -2.05. The van der Waals surface area contributed by atoms with Crippen LogP contribution in [-0.2, 0) is 13.6 Å². The zero-order chi connectivity index (χ0) is 19.7. The number of amides is 1. The van der Waals surface area contributed by atoms with Crippen molar-refractivity contribution in [3.63, 3.8) is 0 Å². The minimum atomic E-state index is -0.274. The van der Waals surface area contributed by atoms with Gasteiger partial charge in [0.25, 0.3) is 5.91 Å². The molecule has 0 spiro atoms. The van der Waals surface area contributed by atoms with Crippen molar-refractivity contribution < 1.29 is 13.9 Å². The van der Waals surface area contributed by atoms with E-state index in [-0.39, 0.29) is 11.7 Å². The molecule has 0 radical (unpaired) electrons. The minimum absolute atomic E-state index is 0.234. The molecule has 0 atom stereocenters. The van der Waals surface area contributed by atoms with Gasteiger partial charge in [-0.3, -0.25) is 9.48 Å². The largest absolute Gasteiger partial charge is 0.496 e. The summed E-state index contributed by atoms with van der Waals surface area (Å²) < 4.78 is 21.9. The zero-order valence-corrected chi connectivity index (χ0v) is 15.5. The van der Waals surface area contributed by atoms with Crippen molar-refractivity contribution in [2.24, 2.45) is 7.05 Å². The van der Waals surface area contributed by atoms with Gasteiger partial charge in [0, 0.05) is 18.6 Å². The number of fused-ring (bicyclic) bond motifs is 1. The monoisotopic (exact) mass is 378 g/mol. The summed E-state index contributed by atoms with van der Waals surface area (Å²) >= 11 is 0. The maximum absolute atomic E-state index is 13.0. The maximum atomic E-state index is 13.0. The lowest BCUT2D eigenvalue weighted by Crippen LogP contribution is -2.15.